The number of para-hydroxylation sites is 1. The number of aromatic nitrogens is 3. The van der Waals surface area contributed by atoms with Crippen LogP contribution in [0.15, 0.2) is 53.0 Å². The lowest BCUT2D eigenvalue weighted by molar-refractivity contribution is 0.724. The first kappa shape index (κ1) is 11.6. The number of rotatable bonds is 5. The first-order valence-electron chi connectivity index (χ1n) is 5.04. The minimum absolute atomic E-state index is 0.674. The van der Waals surface area contributed by atoms with Crippen molar-refractivity contribution in [2.45, 2.75) is 5.88 Å². The van der Waals surface area contributed by atoms with E-state index in [0.717, 1.165) is 15.9 Å². The van der Waals surface area contributed by atoms with Gasteiger partial charge in [0.1, 0.15) is 5.52 Å². The van der Waals surface area contributed by atoms with Crippen LogP contribution in [0.25, 0.3) is 11.0 Å². The maximum absolute atomic E-state index is 4.10. The second-order valence-electron chi connectivity index (χ2n) is 3.27. The third-order valence-electron chi connectivity index (χ3n) is 2.19. The molecule has 0 bridgehead atoms. The predicted molar refractivity (Wildman–Crippen MR) is 72.9 cm³/mol. The zero-order valence-corrected chi connectivity index (χ0v) is 10.1. The van der Waals surface area contributed by atoms with Crippen LogP contribution in [-0.2, 0) is 5.88 Å². The Kier molecular flexibility index (Phi) is 3.72. The molecule has 2 aromatic rings. The Balaban J connectivity index is 2.16. The van der Waals surface area contributed by atoms with Crippen molar-refractivity contribution in [1.29, 1.82) is 0 Å². The third kappa shape index (κ3) is 2.62. The van der Waals surface area contributed by atoms with Crippen molar-refractivity contribution in [2.24, 2.45) is 4.99 Å². The minimum Gasteiger partial charge on any atom is -0.271 e. The molecular weight excluding hydrogens is 232 g/mol. The molecule has 0 saturated carbocycles. The Labute approximate surface area is 104 Å². The van der Waals surface area contributed by atoms with Crippen molar-refractivity contribution in [3.63, 3.8) is 0 Å². The Morgan fingerprint density at radius 2 is 2.29 bits per heavy atom. The Morgan fingerprint density at radius 1 is 1.47 bits per heavy atom. The molecule has 0 unspecified atom stereocenters. The summed E-state index contributed by atoms with van der Waals surface area (Å²) in [5.74, 6) is 0.674. The van der Waals surface area contributed by atoms with E-state index in [2.05, 4.69) is 28.6 Å². The van der Waals surface area contributed by atoms with Gasteiger partial charge in [0, 0.05) is 11.1 Å². The number of benzene rings is 1. The molecule has 0 aliphatic heterocycles. The van der Waals surface area contributed by atoms with Gasteiger partial charge in [-0.25, -0.2) is 4.68 Å². The van der Waals surface area contributed by atoms with Gasteiger partial charge >= 0.3 is 0 Å². The highest BCUT2D eigenvalue weighted by Crippen LogP contribution is 2.20. The molecule has 17 heavy (non-hydrogen) atoms. The molecule has 0 aliphatic carbocycles. The van der Waals surface area contributed by atoms with Gasteiger partial charge in [0.05, 0.1) is 11.4 Å². The molecule has 2 rings (SSSR count). The van der Waals surface area contributed by atoms with E-state index in [4.69, 9.17) is 0 Å². The second kappa shape index (κ2) is 5.45. The summed E-state index contributed by atoms with van der Waals surface area (Å²) in [6, 6.07) is 7.87. The molecule has 0 spiro atoms. The van der Waals surface area contributed by atoms with Crippen molar-refractivity contribution >= 4 is 29.5 Å². The Hall–Kier alpha value is -1.88. The van der Waals surface area contributed by atoms with Gasteiger partial charge in [-0.3, -0.25) is 4.99 Å². The van der Waals surface area contributed by atoms with Crippen LogP contribution in [0.5, 0.6) is 0 Å². The van der Waals surface area contributed by atoms with E-state index in [1.807, 2.05) is 28.9 Å². The summed E-state index contributed by atoms with van der Waals surface area (Å²) in [5.41, 5.74) is 1.93. The molecular formula is C12H12N4S. The normalized spacial score (nSPS) is 11.6. The number of nitrogens with zero attached hydrogens (tertiary/aromatic N) is 4. The molecule has 1 heterocycles. The van der Waals surface area contributed by atoms with E-state index >= 15 is 0 Å². The number of allylic oxidation sites excluding steroid dienone is 1. The summed E-state index contributed by atoms with van der Waals surface area (Å²) in [6.07, 6.45) is 3.43. The van der Waals surface area contributed by atoms with Crippen LogP contribution in [0.3, 0.4) is 0 Å². The molecule has 1 aromatic carbocycles. The van der Waals surface area contributed by atoms with Gasteiger partial charge in [-0.2, -0.15) is 0 Å². The molecule has 5 heteroatoms. The molecule has 0 radical (unpaired) electrons. The number of fused-ring (bicyclic) bond motifs is 1. The largest absolute Gasteiger partial charge is 0.271 e. The fraction of sp³-hybridized carbons (Fsp3) is 0.0833. The summed E-state index contributed by atoms with van der Waals surface area (Å²) in [5, 5.41) is 8.19. The summed E-state index contributed by atoms with van der Waals surface area (Å²) in [7, 11) is 0. The van der Waals surface area contributed by atoms with E-state index in [1.165, 1.54) is 0 Å². The second-order valence-corrected chi connectivity index (χ2v) is 4.29. The van der Waals surface area contributed by atoms with E-state index in [-0.39, 0.29) is 0 Å². The van der Waals surface area contributed by atoms with E-state index in [9.17, 15) is 0 Å². The van der Waals surface area contributed by atoms with Crippen LogP contribution >= 0.6 is 11.8 Å². The lowest BCUT2D eigenvalue weighted by Crippen LogP contribution is -1.96. The van der Waals surface area contributed by atoms with Crippen molar-refractivity contribution < 1.29 is 0 Å². The van der Waals surface area contributed by atoms with Crippen LogP contribution in [0.1, 0.15) is 0 Å². The molecule has 0 amide bonds. The van der Waals surface area contributed by atoms with Crippen LogP contribution in [-0.4, -0.2) is 21.7 Å². The monoisotopic (exact) mass is 244 g/mol. The highest BCUT2D eigenvalue weighted by molar-refractivity contribution is 8.02. The number of thioether (sulfide) groups is 1. The van der Waals surface area contributed by atoms with Gasteiger partial charge in [-0.1, -0.05) is 30.0 Å². The van der Waals surface area contributed by atoms with Crippen LogP contribution < -0.4 is 0 Å². The lowest BCUT2D eigenvalue weighted by atomic mass is 10.3. The van der Waals surface area contributed by atoms with E-state index in [1.54, 1.807) is 24.0 Å². The van der Waals surface area contributed by atoms with Gasteiger partial charge in [0.2, 0.25) is 0 Å². The number of hydrogen-bond donors (Lipinski definition) is 0. The molecule has 4 nitrogen and oxygen atoms in total. The van der Waals surface area contributed by atoms with Crippen LogP contribution in [0.2, 0.25) is 0 Å². The standard InChI is InChI=1S/C12H12N4S/c1-3-10(8-13-2)17-9-16-12-7-5-4-6-11(12)14-15-16/h3-8H,1-2,9H2/b10-8-. The fourth-order valence-electron chi connectivity index (χ4n) is 1.39. The van der Waals surface area contributed by atoms with Crippen molar-refractivity contribution in [1.82, 2.24) is 15.0 Å². The van der Waals surface area contributed by atoms with Gasteiger partial charge < -0.3 is 0 Å². The van der Waals surface area contributed by atoms with Crippen LogP contribution in [0.4, 0.5) is 0 Å². The first-order valence-corrected chi connectivity index (χ1v) is 6.03. The molecule has 0 saturated heterocycles. The molecule has 0 aliphatic rings. The average Bonchev–Trinajstić information content (AvgIpc) is 2.78. The Morgan fingerprint density at radius 3 is 3.06 bits per heavy atom. The summed E-state index contributed by atoms with van der Waals surface area (Å²) < 4.78 is 1.85. The zero-order valence-electron chi connectivity index (χ0n) is 9.28. The quantitative estimate of drug-likeness (QED) is 0.600. The Bertz CT molecular complexity index is 571. The van der Waals surface area contributed by atoms with Crippen molar-refractivity contribution in [2.75, 3.05) is 0 Å². The summed E-state index contributed by atoms with van der Waals surface area (Å²) >= 11 is 1.59. The fourth-order valence-corrected chi connectivity index (χ4v) is 2.12. The van der Waals surface area contributed by atoms with Crippen molar-refractivity contribution in [3.8, 4) is 0 Å². The molecule has 1 aromatic heterocycles. The number of aliphatic imine (C=N–C) groups is 1. The molecule has 86 valence electrons. The van der Waals surface area contributed by atoms with Crippen LogP contribution in [0, 0.1) is 0 Å². The van der Waals surface area contributed by atoms with E-state index in [0.29, 0.717) is 5.88 Å². The average molecular weight is 244 g/mol. The van der Waals surface area contributed by atoms with Crippen molar-refractivity contribution in [3.05, 3.63) is 48.0 Å². The summed E-state index contributed by atoms with van der Waals surface area (Å²) in [6.45, 7) is 7.14. The van der Waals surface area contributed by atoms with E-state index < -0.39 is 0 Å². The minimum atomic E-state index is 0.674. The smallest absolute Gasteiger partial charge is 0.113 e. The number of hydrogen-bond acceptors (Lipinski definition) is 4. The highest BCUT2D eigenvalue weighted by Gasteiger charge is 2.03. The molecule has 0 atom stereocenters. The maximum atomic E-state index is 4.10. The zero-order chi connectivity index (χ0) is 12.1. The maximum Gasteiger partial charge on any atom is 0.113 e. The molecule has 0 fully saturated rings. The predicted octanol–water partition coefficient (Wildman–Crippen LogP) is 2.85. The third-order valence-corrected chi connectivity index (χ3v) is 3.17. The van der Waals surface area contributed by atoms with Gasteiger partial charge in [-0.05, 0) is 18.9 Å². The SMILES string of the molecule is C=C/C(=C/N=C)SCn1nnc2ccccc21. The topological polar surface area (TPSA) is 43.1 Å². The van der Waals surface area contributed by atoms with Gasteiger partial charge in [0.15, 0.2) is 0 Å². The summed E-state index contributed by atoms with van der Waals surface area (Å²) in [4.78, 5) is 4.68. The first-order chi connectivity index (χ1) is 8.35. The lowest BCUT2D eigenvalue weighted by Gasteiger charge is -2.02. The highest BCUT2D eigenvalue weighted by atomic mass is 32.2. The van der Waals surface area contributed by atoms with Gasteiger partial charge in [-0.15, -0.1) is 16.9 Å². The van der Waals surface area contributed by atoms with Gasteiger partial charge in [0.25, 0.3) is 0 Å². The molecule has 0 N–H and O–H groups in total.